The van der Waals surface area contributed by atoms with Gasteiger partial charge in [0.25, 0.3) is 0 Å². The molecule has 4 nitrogen and oxygen atoms in total. The number of benzene rings is 2. The van der Waals surface area contributed by atoms with Crippen molar-refractivity contribution in [1.82, 2.24) is 4.98 Å². The lowest BCUT2D eigenvalue weighted by Gasteiger charge is -2.08. The van der Waals surface area contributed by atoms with Gasteiger partial charge in [-0.3, -0.25) is 4.79 Å². The number of aromatic nitrogens is 1. The quantitative estimate of drug-likeness (QED) is 0.632. The molecule has 0 radical (unpaired) electrons. The van der Waals surface area contributed by atoms with Crippen molar-refractivity contribution in [3.8, 4) is 22.1 Å². The van der Waals surface area contributed by atoms with E-state index in [0.717, 1.165) is 10.6 Å². The van der Waals surface area contributed by atoms with Crippen molar-refractivity contribution in [2.45, 2.75) is 6.42 Å². The highest BCUT2D eigenvalue weighted by atomic mass is 35.5. The van der Waals surface area contributed by atoms with E-state index in [4.69, 9.17) is 33.0 Å². The van der Waals surface area contributed by atoms with Crippen molar-refractivity contribution in [2.75, 3.05) is 0 Å². The first-order valence-electron chi connectivity index (χ1n) is 6.91. The molecule has 0 aliphatic carbocycles. The molecular formula is C17H11Cl2NO3S. The molecule has 122 valence electrons. The summed E-state index contributed by atoms with van der Waals surface area (Å²) in [6.07, 6.45) is -0.0766. The van der Waals surface area contributed by atoms with Crippen LogP contribution in [0.2, 0.25) is 10.0 Å². The number of aliphatic carboxylic acids is 1. The molecule has 1 aromatic heterocycles. The molecule has 0 amide bonds. The van der Waals surface area contributed by atoms with Gasteiger partial charge in [-0.15, -0.1) is 11.3 Å². The molecule has 1 heterocycles. The van der Waals surface area contributed by atoms with Crippen LogP contribution >= 0.6 is 34.5 Å². The number of nitrogens with zero attached hydrogens (tertiary/aromatic N) is 1. The summed E-state index contributed by atoms with van der Waals surface area (Å²) in [6.45, 7) is 0. The number of carboxylic acids is 1. The maximum atomic E-state index is 10.7. The Morgan fingerprint density at radius 2 is 1.92 bits per heavy atom. The fourth-order valence-corrected chi connectivity index (χ4v) is 3.30. The van der Waals surface area contributed by atoms with Gasteiger partial charge in [0.1, 0.15) is 16.5 Å². The summed E-state index contributed by atoms with van der Waals surface area (Å²) >= 11 is 13.4. The van der Waals surface area contributed by atoms with Gasteiger partial charge < -0.3 is 9.84 Å². The summed E-state index contributed by atoms with van der Waals surface area (Å²) in [6, 6.07) is 12.4. The minimum Gasteiger partial charge on any atom is -0.481 e. The molecular weight excluding hydrogens is 369 g/mol. The number of thiazole rings is 1. The van der Waals surface area contributed by atoms with Gasteiger partial charge in [0.15, 0.2) is 0 Å². The van der Waals surface area contributed by atoms with Crippen molar-refractivity contribution in [3.63, 3.8) is 0 Å². The first-order valence-corrected chi connectivity index (χ1v) is 8.54. The zero-order valence-electron chi connectivity index (χ0n) is 12.2. The lowest BCUT2D eigenvalue weighted by atomic mass is 10.2. The predicted octanol–water partition coefficient (Wildman–Crippen LogP) is 5.54. The first-order chi connectivity index (χ1) is 11.5. The predicted molar refractivity (Wildman–Crippen MR) is 95.4 cm³/mol. The average molecular weight is 380 g/mol. The van der Waals surface area contributed by atoms with Crippen molar-refractivity contribution in [2.24, 2.45) is 0 Å². The van der Waals surface area contributed by atoms with Crippen LogP contribution in [-0.4, -0.2) is 16.1 Å². The third kappa shape index (κ3) is 4.06. The van der Waals surface area contributed by atoms with E-state index in [9.17, 15) is 4.79 Å². The molecule has 0 saturated heterocycles. The van der Waals surface area contributed by atoms with Gasteiger partial charge in [-0.1, -0.05) is 23.2 Å². The number of halogens is 2. The highest BCUT2D eigenvalue weighted by Crippen LogP contribution is 2.33. The second-order valence-corrected chi connectivity index (χ2v) is 6.62. The number of carbonyl (C=O) groups is 1. The van der Waals surface area contributed by atoms with Crippen LogP contribution in [0, 0.1) is 0 Å². The van der Waals surface area contributed by atoms with E-state index in [1.54, 1.807) is 35.7 Å². The number of hydrogen-bond acceptors (Lipinski definition) is 4. The van der Waals surface area contributed by atoms with Gasteiger partial charge in [-0.05, 0) is 42.5 Å². The Morgan fingerprint density at radius 3 is 2.58 bits per heavy atom. The van der Waals surface area contributed by atoms with Gasteiger partial charge in [0.05, 0.1) is 17.1 Å². The minimum absolute atomic E-state index is 0.0766. The van der Waals surface area contributed by atoms with Crippen LogP contribution in [0.4, 0.5) is 0 Å². The maximum Gasteiger partial charge on any atom is 0.309 e. The number of carboxylic acid groups (broad SMARTS) is 1. The Bertz CT molecular complexity index is 878. The second-order valence-electron chi connectivity index (χ2n) is 4.92. The molecule has 0 aliphatic rings. The molecule has 3 rings (SSSR count). The molecule has 0 atom stereocenters. The second kappa shape index (κ2) is 7.21. The smallest absolute Gasteiger partial charge is 0.309 e. The van der Waals surface area contributed by atoms with Gasteiger partial charge in [-0.2, -0.15) is 0 Å². The van der Waals surface area contributed by atoms with E-state index < -0.39 is 5.97 Å². The molecule has 0 aliphatic heterocycles. The Morgan fingerprint density at radius 1 is 1.17 bits per heavy atom. The number of hydrogen-bond donors (Lipinski definition) is 1. The molecule has 1 N–H and O–H groups in total. The number of ether oxygens (including phenoxy) is 1. The summed E-state index contributed by atoms with van der Waals surface area (Å²) in [4.78, 5) is 15.0. The van der Waals surface area contributed by atoms with Crippen LogP contribution < -0.4 is 4.74 Å². The van der Waals surface area contributed by atoms with Crippen LogP contribution in [0.1, 0.15) is 5.69 Å². The fourth-order valence-electron chi connectivity index (χ4n) is 2.03. The highest BCUT2D eigenvalue weighted by Gasteiger charge is 2.09. The summed E-state index contributed by atoms with van der Waals surface area (Å²) in [5, 5.41) is 12.3. The number of rotatable bonds is 5. The largest absolute Gasteiger partial charge is 0.481 e. The Hall–Kier alpha value is -2.08. The third-order valence-electron chi connectivity index (χ3n) is 3.11. The molecule has 7 heteroatoms. The van der Waals surface area contributed by atoms with Gasteiger partial charge in [0, 0.05) is 16.0 Å². The zero-order valence-corrected chi connectivity index (χ0v) is 14.5. The average Bonchev–Trinajstić information content (AvgIpc) is 2.98. The van der Waals surface area contributed by atoms with Crippen molar-refractivity contribution < 1.29 is 14.6 Å². The third-order valence-corrected chi connectivity index (χ3v) is 4.58. The monoisotopic (exact) mass is 379 g/mol. The Labute approximate surface area is 152 Å². The van der Waals surface area contributed by atoms with E-state index >= 15 is 0 Å². The van der Waals surface area contributed by atoms with Gasteiger partial charge >= 0.3 is 5.97 Å². The van der Waals surface area contributed by atoms with Crippen molar-refractivity contribution in [3.05, 3.63) is 63.6 Å². The minimum atomic E-state index is -0.893. The van der Waals surface area contributed by atoms with Crippen LogP contribution in [0.5, 0.6) is 11.5 Å². The summed E-state index contributed by atoms with van der Waals surface area (Å²) < 4.78 is 5.73. The van der Waals surface area contributed by atoms with Crippen LogP contribution in [0.3, 0.4) is 0 Å². The fraction of sp³-hybridized carbons (Fsp3) is 0.0588. The maximum absolute atomic E-state index is 10.7. The summed E-state index contributed by atoms with van der Waals surface area (Å²) in [5.41, 5.74) is 1.45. The van der Waals surface area contributed by atoms with Gasteiger partial charge in [-0.25, -0.2) is 4.98 Å². The lowest BCUT2D eigenvalue weighted by Crippen LogP contribution is -1.99. The molecule has 0 spiro atoms. The summed E-state index contributed by atoms with van der Waals surface area (Å²) in [7, 11) is 0. The normalized spacial score (nSPS) is 10.6. The van der Waals surface area contributed by atoms with E-state index in [0.29, 0.717) is 27.2 Å². The van der Waals surface area contributed by atoms with Gasteiger partial charge in [0.2, 0.25) is 0 Å². The van der Waals surface area contributed by atoms with E-state index in [1.165, 1.54) is 11.3 Å². The molecule has 3 aromatic rings. The van der Waals surface area contributed by atoms with E-state index in [2.05, 4.69) is 4.98 Å². The molecule has 2 aromatic carbocycles. The molecule has 0 fully saturated rings. The Balaban J connectivity index is 1.75. The van der Waals surface area contributed by atoms with E-state index in [1.807, 2.05) is 12.1 Å². The van der Waals surface area contributed by atoms with Crippen molar-refractivity contribution >= 4 is 40.5 Å². The Kier molecular flexibility index (Phi) is 5.04. The van der Waals surface area contributed by atoms with E-state index in [-0.39, 0.29) is 6.42 Å². The lowest BCUT2D eigenvalue weighted by molar-refractivity contribution is -0.136. The highest BCUT2D eigenvalue weighted by molar-refractivity contribution is 7.13. The summed E-state index contributed by atoms with van der Waals surface area (Å²) in [5.74, 6) is 0.257. The zero-order chi connectivity index (χ0) is 17.1. The first kappa shape index (κ1) is 16.8. The molecule has 0 saturated carbocycles. The van der Waals surface area contributed by atoms with Crippen LogP contribution in [-0.2, 0) is 11.2 Å². The van der Waals surface area contributed by atoms with Crippen LogP contribution in [0.25, 0.3) is 10.6 Å². The molecule has 0 bridgehead atoms. The van der Waals surface area contributed by atoms with Crippen molar-refractivity contribution in [1.29, 1.82) is 0 Å². The topological polar surface area (TPSA) is 59.4 Å². The molecule has 0 unspecified atom stereocenters. The standard InChI is InChI=1S/C17H11Cl2NO3S/c18-11-3-6-15(14(19)7-11)23-13-4-1-10(2-5-13)17-20-12(9-24-17)8-16(21)22/h1-7,9H,8H2,(H,21,22). The SMILES string of the molecule is O=C(O)Cc1csc(-c2ccc(Oc3ccc(Cl)cc3Cl)cc2)n1. The molecule has 24 heavy (non-hydrogen) atoms. The van der Waals surface area contributed by atoms with Crippen LogP contribution in [0.15, 0.2) is 47.8 Å².